The third-order valence-electron chi connectivity index (χ3n) is 6.54. The number of Topliss-reactive ketones (excluding diaryl/α,β-unsaturated/α-hetero) is 1. The van der Waals surface area contributed by atoms with Crippen LogP contribution in [0.5, 0.6) is 5.75 Å². The Balaban J connectivity index is 1.70. The summed E-state index contributed by atoms with van der Waals surface area (Å²) < 4.78 is 11.5. The molecule has 2 N–H and O–H groups in total. The van der Waals surface area contributed by atoms with Gasteiger partial charge in [0.2, 0.25) is 0 Å². The van der Waals surface area contributed by atoms with Crippen LogP contribution in [0.4, 0.5) is 5.82 Å². The number of ether oxygens (including phenoxy) is 2. The van der Waals surface area contributed by atoms with Gasteiger partial charge in [-0.3, -0.25) is 9.59 Å². The molecule has 1 saturated heterocycles. The number of allylic oxidation sites excluding steroid dienone is 1. The minimum absolute atomic E-state index is 0.0799. The molecule has 8 nitrogen and oxygen atoms in total. The van der Waals surface area contributed by atoms with E-state index in [0.717, 1.165) is 24.1 Å². The van der Waals surface area contributed by atoms with Crippen LogP contribution >= 0.6 is 0 Å². The maximum absolute atomic E-state index is 13.7. The molecule has 0 bridgehead atoms. The Hall–Kier alpha value is -4.04. The second-order valence-electron chi connectivity index (χ2n) is 9.66. The van der Waals surface area contributed by atoms with Crippen LogP contribution in [-0.2, 0) is 9.53 Å². The molecule has 3 aromatic rings. The Labute approximate surface area is 222 Å². The molecule has 1 atom stereocenters. The lowest BCUT2D eigenvalue weighted by Crippen LogP contribution is -2.26. The van der Waals surface area contributed by atoms with Gasteiger partial charge < -0.3 is 19.9 Å². The van der Waals surface area contributed by atoms with Gasteiger partial charge in [-0.25, -0.2) is 0 Å². The predicted molar refractivity (Wildman–Crippen MR) is 145 cm³/mol. The standard InChI is InChI=1S/C30H33N3O5/c1-19(2)21-5-7-23(8-6-21)30(36)28(26(35)18-34)29(31-27-13-4-20(3)32-33-27)22-9-11-24(12-10-22)38-25-14-16-37-17-15-25/h4-13,18-19,25,29,35H,14-17H2,1-3H3,(H,31,33)/b28-26-. The van der Waals surface area contributed by atoms with Crippen molar-refractivity contribution >= 4 is 17.9 Å². The Morgan fingerprint density at radius 1 is 1.00 bits per heavy atom. The highest BCUT2D eigenvalue weighted by Gasteiger charge is 2.29. The summed E-state index contributed by atoms with van der Waals surface area (Å²) in [5.41, 5.74) is 2.73. The predicted octanol–water partition coefficient (Wildman–Crippen LogP) is 5.51. The third kappa shape index (κ3) is 6.63. The van der Waals surface area contributed by atoms with Crippen LogP contribution in [0.3, 0.4) is 0 Å². The van der Waals surface area contributed by atoms with Crippen molar-refractivity contribution in [3.63, 3.8) is 0 Å². The van der Waals surface area contributed by atoms with Crippen LogP contribution in [0, 0.1) is 6.92 Å². The first-order chi connectivity index (χ1) is 18.4. The van der Waals surface area contributed by atoms with E-state index in [1.54, 1.807) is 36.4 Å². The highest BCUT2D eigenvalue weighted by molar-refractivity contribution is 6.12. The summed E-state index contributed by atoms with van der Waals surface area (Å²) in [5, 5.41) is 22.1. The molecule has 8 heteroatoms. The first-order valence-electron chi connectivity index (χ1n) is 12.8. The summed E-state index contributed by atoms with van der Waals surface area (Å²) in [6.07, 6.45) is 2.01. The number of hydrogen-bond acceptors (Lipinski definition) is 8. The highest BCUT2D eigenvalue weighted by Crippen LogP contribution is 2.32. The van der Waals surface area contributed by atoms with Gasteiger partial charge in [0.1, 0.15) is 17.7 Å². The zero-order valence-corrected chi connectivity index (χ0v) is 21.9. The van der Waals surface area contributed by atoms with Crippen molar-refractivity contribution in [1.29, 1.82) is 0 Å². The van der Waals surface area contributed by atoms with Crippen LogP contribution < -0.4 is 10.1 Å². The molecule has 2 aromatic carbocycles. The van der Waals surface area contributed by atoms with Crippen LogP contribution in [0.1, 0.15) is 65.8 Å². The molecule has 1 aliphatic heterocycles. The number of aldehydes is 1. The van der Waals surface area contributed by atoms with Crippen molar-refractivity contribution in [3.05, 3.63) is 94.4 Å². The Bertz CT molecular complexity index is 1260. The summed E-state index contributed by atoms with van der Waals surface area (Å²) in [7, 11) is 0. The molecule has 1 fully saturated rings. The van der Waals surface area contributed by atoms with E-state index in [9.17, 15) is 14.7 Å². The SMILES string of the molecule is Cc1ccc(NC(/C(C(=O)c2ccc(C(C)C)cc2)=C(/O)C=O)c2ccc(OC3CCOCC3)cc2)nn1. The van der Waals surface area contributed by atoms with Gasteiger partial charge in [0.15, 0.2) is 17.8 Å². The summed E-state index contributed by atoms with van der Waals surface area (Å²) in [6.45, 7) is 7.30. The number of nitrogens with one attached hydrogen (secondary N) is 1. The van der Waals surface area contributed by atoms with E-state index >= 15 is 0 Å². The second-order valence-corrected chi connectivity index (χ2v) is 9.66. The number of hydrogen-bond donors (Lipinski definition) is 2. The lowest BCUT2D eigenvalue weighted by Gasteiger charge is -2.25. The van der Waals surface area contributed by atoms with Gasteiger partial charge in [0.05, 0.1) is 30.5 Å². The molecule has 0 amide bonds. The molecule has 4 rings (SSSR count). The molecular weight excluding hydrogens is 482 g/mol. The van der Waals surface area contributed by atoms with Crippen molar-refractivity contribution in [2.75, 3.05) is 18.5 Å². The summed E-state index contributed by atoms with van der Waals surface area (Å²) in [4.78, 5) is 25.5. The number of aryl methyl sites for hydroxylation is 1. The molecule has 38 heavy (non-hydrogen) atoms. The average Bonchev–Trinajstić information content (AvgIpc) is 2.94. The van der Waals surface area contributed by atoms with E-state index < -0.39 is 17.6 Å². The van der Waals surface area contributed by atoms with E-state index in [2.05, 4.69) is 29.4 Å². The Morgan fingerprint density at radius 2 is 1.66 bits per heavy atom. The monoisotopic (exact) mass is 515 g/mol. The molecule has 1 unspecified atom stereocenters. The van der Waals surface area contributed by atoms with E-state index in [-0.39, 0.29) is 18.0 Å². The number of aliphatic hydroxyl groups is 1. The van der Waals surface area contributed by atoms with Crippen molar-refractivity contribution < 1.29 is 24.2 Å². The van der Waals surface area contributed by atoms with Gasteiger partial charge in [-0.05, 0) is 48.2 Å². The molecule has 1 aliphatic rings. The first kappa shape index (κ1) is 27.0. The van der Waals surface area contributed by atoms with Crippen molar-refractivity contribution in [2.45, 2.75) is 51.7 Å². The number of nitrogens with zero attached hydrogens (tertiary/aromatic N) is 2. The van der Waals surface area contributed by atoms with Gasteiger partial charge >= 0.3 is 0 Å². The van der Waals surface area contributed by atoms with Crippen LogP contribution in [0.25, 0.3) is 0 Å². The maximum atomic E-state index is 13.7. The molecular formula is C30H33N3O5. The molecule has 0 aliphatic carbocycles. The van der Waals surface area contributed by atoms with Gasteiger partial charge in [-0.15, -0.1) is 5.10 Å². The first-order valence-corrected chi connectivity index (χ1v) is 12.8. The molecule has 1 aromatic heterocycles. The number of rotatable bonds is 10. The molecule has 0 radical (unpaired) electrons. The van der Waals surface area contributed by atoms with E-state index in [1.807, 2.05) is 31.2 Å². The smallest absolute Gasteiger partial charge is 0.195 e. The zero-order valence-electron chi connectivity index (χ0n) is 21.9. The van der Waals surface area contributed by atoms with Crippen LogP contribution in [0.15, 0.2) is 72.0 Å². The normalized spacial score (nSPS) is 15.5. The van der Waals surface area contributed by atoms with E-state index in [0.29, 0.717) is 41.8 Å². The van der Waals surface area contributed by atoms with Crippen molar-refractivity contribution in [3.8, 4) is 5.75 Å². The molecule has 0 spiro atoms. The molecule has 0 saturated carbocycles. The number of carbonyl (C=O) groups excluding carboxylic acids is 2. The fourth-order valence-electron chi connectivity index (χ4n) is 4.30. The highest BCUT2D eigenvalue weighted by atomic mass is 16.5. The fraction of sp³-hybridized carbons (Fsp3) is 0.333. The lowest BCUT2D eigenvalue weighted by atomic mass is 9.90. The Kier molecular flexibility index (Phi) is 8.86. The molecule has 2 heterocycles. The lowest BCUT2D eigenvalue weighted by molar-refractivity contribution is -0.107. The minimum Gasteiger partial charge on any atom is -0.504 e. The van der Waals surface area contributed by atoms with Gasteiger partial charge in [0.25, 0.3) is 0 Å². The summed E-state index contributed by atoms with van der Waals surface area (Å²) in [5.74, 6) is 0.263. The van der Waals surface area contributed by atoms with E-state index in [1.165, 1.54) is 0 Å². The maximum Gasteiger partial charge on any atom is 0.195 e. The third-order valence-corrected chi connectivity index (χ3v) is 6.54. The number of aliphatic hydroxyl groups excluding tert-OH is 1. The van der Waals surface area contributed by atoms with Crippen LogP contribution in [-0.4, -0.2) is 46.7 Å². The fourth-order valence-corrected chi connectivity index (χ4v) is 4.30. The quantitative estimate of drug-likeness (QED) is 0.157. The van der Waals surface area contributed by atoms with Gasteiger partial charge in [0, 0.05) is 18.4 Å². The minimum atomic E-state index is -0.883. The number of carbonyl (C=O) groups is 2. The van der Waals surface area contributed by atoms with Crippen molar-refractivity contribution in [2.24, 2.45) is 0 Å². The topological polar surface area (TPSA) is 111 Å². The largest absolute Gasteiger partial charge is 0.504 e. The van der Waals surface area contributed by atoms with E-state index in [4.69, 9.17) is 9.47 Å². The zero-order chi connectivity index (χ0) is 27.1. The molecule has 198 valence electrons. The number of anilines is 1. The second kappa shape index (κ2) is 12.5. The van der Waals surface area contributed by atoms with Crippen LogP contribution in [0.2, 0.25) is 0 Å². The van der Waals surface area contributed by atoms with Crippen molar-refractivity contribution in [1.82, 2.24) is 10.2 Å². The van der Waals surface area contributed by atoms with Gasteiger partial charge in [-0.1, -0.05) is 50.2 Å². The number of ketones is 1. The summed E-state index contributed by atoms with van der Waals surface area (Å²) >= 11 is 0. The Morgan fingerprint density at radius 3 is 2.24 bits per heavy atom. The van der Waals surface area contributed by atoms with Gasteiger partial charge in [-0.2, -0.15) is 5.10 Å². The average molecular weight is 516 g/mol. The number of aromatic nitrogens is 2. The number of benzene rings is 2. The summed E-state index contributed by atoms with van der Waals surface area (Å²) in [6, 6.07) is 17.1.